The number of amides is 2. The first-order valence-corrected chi connectivity index (χ1v) is 10.7. The number of carbonyl (C=O) groups excluding carboxylic acids is 1. The maximum absolute atomic E-state index is 12.6. The van der Waals surface area contributed by atoms with E-state index in [9.17, 15) is 4.79 Å². The highest BCUT2D eigenvalue weighted by molar-refractivity contribution is 5.90. The molecule has 6 nitrogen and oxygen atoms in total. The van der Waals surface area contributed by atoms with E-state index in [0.29, 0.717) is 6.04 Å². The lowest BCUT2D eigenvalue weighted by molar-refractivity contribution is 0.170. The fraction of sp³-hybridized carbons (Fsp3) is 0.714. The molecule has 3 heterocycles. The van der Waals surface area contributed by atoms with E-state index in [2.05, 4.69) is 27.0 Å². The van der Waals surface area contributed by atoms with E-state index >= 15 is 0 Å². The molecule has 2 saturated heterocycles. The molecule has 0 aromatic carbocycles. The Kier molecular flexibility index (Phi) is 5.81. The molecular formula is C21H33N5O. The van der Waals surface area contributed by atoms with Gasteiger partial charge in [0, 0.05) is 62.8 Å². The van der Waals surface area contributed by atoms with Gasteiger partial charge in [-0.2, -0.15) is 0 Å². The first kappa shape index (κ1) is 18.5. The third-order valence-electron chi connectivity index (χ3n) is 6.54. The zero-order chi connectivity index (χ0) is 18.6. The van der Waals surface area contributed by atoms with Gasteiger partial charge in [-0.05, 0) is 45.1 Å². The standard InChI is InChI=1S/C21H33N5O/c1-17-6-4-5-11-26(17)21(27)23-18-9-10-22-20(16-18)25-14-12-24(13-15-25)19-7-2-3-8-19/h9-10,16-17,19H,2-8,11-15H2,1H3,(H,22,23,27). The number of carbonyl (C=O) groups is 1. The number of piperidine rings is 1. The lowest BCUT2D eigenvalue weighted by Crippen LogP contribution is -2.50. The second-order valence-electron chi connectivity index (χ2n) is 8.33. The van der Waals surface area contributed by atoms with E-state index in [0.717, 1.165) is 63.1 Å². The predicted octanol–water partition coefficient (Wildman–Crippen LogP) is 3.55. The molecular weight excluding hydrogens is 338 g/mol. The highest BCUT2D eigenvalue weighted by atomic mass is 16.2. The van der Waals surface area contributed by atoms with Crippen molar-refractivity contribution in [2.75, 3.05) is 42.9 Å². The van der Waals surface area contributed by atoms with Crippen LogP contribution in [0.5, 0.6) is 0 Å². The Morgan fingerprint density at radius 2 is 1.78 bits per heavy atom. The van der Waals surface area contributed by atoms with Crippen molar-refractivity contribution in [2.24, 2.45) is 0 Å². The normalized spacial score (nSPS) is 25.0. The van der Waals surface area contributed by atoms with Crippen LogP contribution in [-0.4, -0.2) is 65.6 Å². The number of rotatable bonds is 3. The SMILES string of the molecule is CC1CCCCN1C(=O)Nc1ccnc(N2CCN(C3CCCC3)CC2)c1. The van der Waals surface area contributed by atoms with Crippen LogP contribution in [0.4, 0.5) is 16.3 Å². The molecule has 2 amide bonds. The Morgan fingerprint density at radius 1 is 1.04 bits per heavy atom. The van der Waals surface area contributed by atoms with Gasteiger partial charge in [-0.15, -0.1) is 0 Å². The molecule has 2 aliphatic heterocycles. The molecule has 1 aliphatic carbocycles. The van der Waals surface area contributed by atoms with Gasteiger partial charge in [-0.1, -0.05) is 12.8 Å². The van der Waals surface area contributed by atoms with Gasteiger partial charge in [0.1, 0.15) is 5.82 Å². The zero-order valence-electron chi connectivity index (χ0n) is 16.6. The van der Waals surface area contributed by atoms with E-state index in [1.54, 1.807) is 0 Å². The van der Waals surface area contributed by atoms with Crippen molar-refractivity contribution in [3.63, 3.8) is 0 Å². The van der Waals surface area contributed by atoms with E-state index in [1.807, 2.05) is 23.2 Å². The van der Waals surface area contributed by atoms with Crippen LogP contribution in [0.25, 0.3) is 0 Å². The van der Waals surface area contributed by atoms with Gasteiger partial charge in [-0.3, -0.25) is 4.90 Å². The second-order valence-corrected chi connectivity index (χ2v) is 8.33. The van der Waals surface area contributed by atoms with Gasteiger partial charge >= 0.3 is 6.03 Å². The van der Waals surface area contributed by atoms with E-state index < -0.39 is 0 Å². The summed E-state index contributed by atoms with van der Waals surface area (Å²) >= 11 is 0. The number of hydrogen-bond donors (Lipinski definition) is 1. The molecule has 3 aliphatic rings. The van der Waals surface area contributed by atoms with Crippen molar-refractivity contribution in [2.45, 2.75) is 64.0 Å². The smallest absolute Gasteiger partial charge is 0.322 e. The average Bonchev–Trinajstić information content (AvgIpc) is 3.23. The topological polar surface area (TPSA) is 51.7 Å². The van der Waals surface area contributed by atoms with Crippen LogP contribution in [0.1, 0.15) is 51.9 Å². The van der Waals surface area contributed by atoms with Crippen LogP contribution in [0.3, 0.4) is 0 Å². The highest BCUT2D eigenvalue weighted by Crippen LogP contribution is 2.26. The molecule has 0 bridgehead atoms. The van der Waals surface area contributed by atoms with Crippen molar-refractivity contribution in [1.82, 2.24) is 14.8 Å². The van der Waals surface area contributed by atoms with Crippen LogP contribution >= 0.6 is 0 Å². The number of aromatic nitrogens is 1. The number of hydrogen-bond acceptors (Lipinski definition) is 4. The molecule has 1 saturated carbocycles. The number of nitrogens with zero attached hydrogens (tertiary/aromatic N) is 4. The number of urea groups is 1. The van der Waals surface area contributed by atoms with E-state index in [1.165, 1.54) is 32.1 Å². The van der Waals surface area contributed by atoms with Crippen LogP contribution in [0, 0.1) is 0 Å². The lowest BCUT2D eigenvalue weighted by atomic mass is 10.0. The summed E-state index contributed by atoms with van der Waals surface area (Å²) in [5, 5.41) is 3.08. The van der Waals surface area contributed by atoms with E-state index in [-0.39, 0.29) is 6.03 Å². The molecule has 3 fully saturated rings. The van der Waals surface area contributed by atoms with Crippen molar-refractivity contribution in [3.05, 3.63) is 18.3 Å². The molecule has 1 unspecified atom stereocenters. The van der Waals surface area contributed by atoms with Crippen LogP contribution in [-0.2, 0) is 0 Å². The molecule has 1 aromatic heterocycles. The minimum Gasteiger partial charge on any atom is -0.354 e. The Balaban J connectivity index is 1.34. The molecule has 1 N–H and O–H groups in total. The van der Waals surface area contributed by atoms with Gasteiger partial charge in [0.15, 0.2) is 0 Å². The highest BCUT2D eigenvalue weighted by Gasteiger charge is 2.27. The Labute approximate surface area is 162 Å². The van der Waals surface area contributed by atoms with Gasteiger partial charge in [0.2, 0.25) is 0 Å². The predicted molar refractivity (Wildman–Crippen MR) is 109 cm³/mol. The van der Waals surface area contributed by atoms with Gasteiger partial charge in [0.25, 0.3) is 0 Å². The summed E-state index contributed by atoms with van der Waals surface area (Å²) in [6.45, 7) is 7.27. The summed E-state index contributed by atoms with van der Waals surface area (Å²) in [6.07, 6.45) is 10.8. The van der Waals surface area contributed by atoms with Crippen molar-refractivity contribution >= 4 is 17.5 Å². The average molecular weight is 372 g/mol. The molecule has 148 valence electrons. The molecule has 1 atom stereocenters. The molecule has 0 radical (unpaired) electrons. The molecule has 27 heavy (non-hydrogen) atoms. The third-order valence-corrected chi connectivity index (χ3v) is 6.54. The summed E-state index contributed by atoms with van der Waals surface area (Å²) in [4.78, 5) is 24.2. The number of likely N-dealkylation sites (tertiary alicyclic amines) is 1. The van der Waals surface area contributed by atoms with Crippen molar-refractivity contribution < 1.29 is 4.79 Å². The quantitative estimate of drug-likeness (QED) is 0.883. The monoisotopic (exact) mass is 371 g/mol. The summed E-state index contributed by atoms with van der Waals surface area (Å²) in [5.74, 6) is 0.977. The first-order chi connectivity index (χ1) is 13.2. The minimum absolute atomic E-state index is 0.0189. The van der Waals surface area contributed by atoms with Crippen LogP contribution < -0.4 is 10.2 Å². The molecule has 4 rings (SSSR count). The van der Waals surface area contributed by atoms with Gasteiger partial charge < -0.3 is 15.1 Å². The Hall–Kier alpha value is -1.82. The Morgan fingerprint density at radius 3 is 2.52 bits per heavy atom. The number of pyridine rings is 1. The number of anilines is 2. The second kappa shape index (κ2) is 8.46. The molecule has 6 heteroatoms. The van der Waals surface area contributed by atoms with Crippen LogP contribution in [0.2, 0.25) is 0 Å². The molecule has 0 spiro atoms. The summed E-state index contributed by atoms with van der Waals surface area (Å²) < 4.78 is 0. The molecule has 1 aromatic rings. The van der Waals surface area contributed by atoms with Crippen LogP contribution in [0.15, 0.2) is 18.3 Å². The fourth-order valence-corrected chi connectivity index (χ4v) is 4.85. The van der Waals surface area contributed by atoms with Gasteiger partial charge in [0.05, 0.1) is 0 Å². The first-order valence-electron chi connectivity index (χ1n) is 10.7. The van der Waals surface area contributed by atoms with Gasteiger partial charge in [-0.25, -0.2) is 9.78 Å². The fourth-order valence-electron chi connectivity index (χ4n) is 4.85. The summed E-state index contributed by atoms with van der Waals surface area (Å²) in [5.41, 5.74) is 0.848. The third kappa shape index (κ3) is 4.37. The maximum atomic E-state index is 12.6. The maximum Gasteiger partial charge on any atom is 0.322 e. The summed E-state index contributed by atoms with van der Waals surface area (Å²) in [7, 11) is 0. The Bertz CT molecular complexity index is 637. The van der Waals surface area contributed by atoms with E-state index in [4.69, 9.17) is 0 Å². The minimum atomic E-state index is 0.0189. The summed E-state index contributed by atoms with van der Waals surface area (Å²) in [6, 6.07) is 5.06. The number of nitrogens with one attached hydrogen (secondary N) is 1. The largest absolute Gasteiger partial charge is 0.354 e. The van der Waals surface area contributed by atoms with Crippen molar-refractivity contribution in [1.29, 1.82) is 0 Å². The van der Waals surface area contributed by atoms with Crippen molar-refractivity contribution in [3.8, 4) is 0 Å². The lowest BCUT2D eigenvalue weighted by Gasteiger charge is -2.38. The number of piperazine rings is 1. The zero-order valence-corrected chi connectivity index (χ0v) is 16.6.